The number of benzene rings is 2. The molecule has 1 N–H and O–H groups in total. The summed E-state index contributed by atoms with van der Waals surface area (Å²) in [5, 5.41) is 2.96. The Hall–Kier alpha value is -3.08. The van der Waals surface area contributed by atoms with Crippen LogP contribution in [-0.2, 0) is 17.6 Å². The first-order valence-electron chi connectivity index (χ1n) is 9.07. The number of amides is 1. The maximum atomic E-state index is 12.1. The van der Waals surface area contributed by atoms with E-state index in [2.05, 4.69) is 10.3 Å². The number of nitrogens with one attached hydrogen (secondary N) is 1. The van der Waals surface area contributed by atoms with Crippen molar-refractivity contribution in [3.8, 4) is 17.2 Å². The molecule has 1 aromatic heterocycles. The molecule has 0 spiro atoms. The fourth-order valence-corrected chi connectivity index (χ4v) is 2.93. The second kappa shape index (κ2) is 9.03. The van der Waals surface area contributed by atoms with Crippen molar-refractivity contribution in [3.63, 3.8) is 0 Å². The van der Waals surface area contributed by atoms with Crippen LogP contribution in [0, 0.1) is 6.92 Å². The second-order valence-corrected chi connectivity index (χ2v) is 6.30. The molecule has 1 amide bonds. The average Bonchev–Trinajstić information content (AvgIpc) is 3.08. The predicted octanol–water partition coefficient (Wildman–Crippen LogP) is 3.95. The minimum atomic E-state index is 0.00793. The predicted molar refractivity (Wildman–Crippen MR) is 105 cm³/mol. The van der Waals surface area contributed by atoms with Crippen molar-refractivity contribution in [2.45, 2.75) is 26.2 Å². The van der Waals surface area contributed by atoms with E-state index < -0.39 is 0 Å². The minimum Gasteiger partial charge on any atom is -0.496 e. The molecule has 5 heteroatoms. The summed E-state index contributed by atoms with van der Waals surface area (Å²) in [7, 11) is 1.65. The number of oxazole rings is 1. The van der Waals surface area contributed by atoms with Crippen LogP contribution >= 0.6 is 0 Å². The molecule has 27 heavy (non-hydrogen) atoms. The van der Waals surface area contributed by atoms with E-state index in [0.717, 1.165) is 34.8 Å². The Labute approximate surface area is 159 Å². The van der Waals surface area contributed by atoms with Crippen molar-refractivity contribution in [2.24, 2.45) is 0 Å². The molecule has 0 saturated heterocycles. The largest absolute Gasteiger partial charge is 0.496 e. The molecule has 0 aliphatic carbocycles. The number of carbonyl (C=O) groups excluding carboxylic acids is 1. The van der Waals surface area contributed by atoms with Crippen LogP contribution in [0.4, 0.5) is 0 Å². The summed E-state index contributed by atoms with van der Waals surface area (Å²) < 4.78 is 11.1. The number of aryl methyl sites for hydroxylation is 2. The molecule has 0 fully saturated rings. The van der Waals surface area contributed by atoms with Gasteiger partial charge in [-0.25, -0.2) is 4.98 Å². The highest BCUT2D eigenvalue weighted by molar-refractivity contribution is 5.76. The number of hydrogen-bond acceptors (Lipinski definition) is 4. The van der Waals surface area contributed by atoms with E-state index in [4.69, 9.17) is 9.15 Å². The van der Waals surface area contributed by atoms with Crippen LogP contribution in [0.2, 0.25) is 0 Å². The molecule has 3 aromatic rings. The first-order chi connectivity index (χ1) is 13.2. The van der Waals surface area contributed by atoms with Gasteiger partial charge >= 0.3 is 0 Å². The third-order valence-corrected chi connectivity index (χ3v) is 4.41. The number of nitrogens with zero attached hydrogens (tertiary/aromatic N) is 1. The normalized spacial score (nSPS) is 10.6. The number of hydrogen-bond donors (Lipinski definition) is 1. The van der Waals surface area contributed by atoms with Crippen molar-refractivity contribution in [3.05, 3.63) is 71.6 Å². The van der Waals surface area contributed by atoms with Crippen LogP contribution in [0.5, 0.6) is 5.75 Å². The monoisotopic (exact) mass is 364 g/mol. The number of para-hydroxylation sites is 1. The van der Waals surface area contributed by atoms with Gasteiger partial charge < -0.3 is 14.5 Å². The third kappa shape index (κ3) is 4.97. The van der Waals surface area contributed by atoms with Crippen molar-refractivity contribution >= 4 is 5.91 Å². The van der Waals surface area contributed by atoms with E-state index in [1.54, 1.807) is 7.11 Å². The maximum Gasteiger partial charge on any atom is 0.226 e. The zero-order valence-corrected chi connectivity index (χ0v) is 15.7. The van der Waals surface area contributed by atoms with Gasteiger partial charge in [-0.05, 0) is 37.1 Å². The maximum absolute atomic E-state index is 12.1. The molecular weight excluding hydrogens is 340 g/mol. The topological polar surface area (TPSA) is 64.4 Å². The second-order valence-electron chi connectivity index (χ2n) is 6.30. The minimum absolute atomic E-state index is 0.00793. The SMILES string of the molecule is COc1ccccc1CCNC(=O)CCc1nc(-c2ccccc2)oc1C. The van der Waals surface area contributed by atoms with Crippen LogP contribution in [0.15, 0.2) is 59.0 Å². The van der Waals surface area contributed by atoms with Crippen molar-refractivity contribution in [1.82, 2.24) is 10.3 Å². The summed E-state index contributed by atoms with van der Waals surface area (Å²) >= 11 is 0. The molecular formula is C22H24N2O3. The van der Waals surface area contributed by atoms with Crippen molar-refractivity contribution < 1.29 is 13.9 Å². The van der Waals surface area contributed by atoms with Gasteiger partial charge in [-0.1, -0.05) is 36.4 Å². The van der Waals surface area contributed by atoms with Gasteiger partial charge in [-0.3, -0.25) is 4.79 Å². The zero-order valence-electron chi connectivity index (χ0n) is 15.7. The van der Waals surface area contributed by atoms with Crippen LogP contribution in [0.1, 0.15) is 23.4 Å². The van der Waals surface area contributed by atoms with Crippen LogP contribution in [0.3, 0.4) is 0 Å². The van der Waals surface area contributed by atoms with E-state index in [-0.39, 0.29) is 5.91 Å². The van der Waals surface area contributed by atoms with Gasteiger partial charge in [0, 0.05) is 24.9 Å². The van der Waals surface area contributed by atoms with E-state index in [1.165, 1.54) is 0 Å². The van der Waals surface area contributed by atoms with Gasteiger partial charge in [0.1, 0.15) is 11.5 Å². The van der Waals surface area contributed by atoms with E-state index >= 15 is 0 Å². The molecule has 0 aliphatic rings. The van der Waals surface area contributed by atoms with Gasteiger partial charge in [0.05, 0.1) is 12.8 Å². The fourth-order valence-electron chi connectivity index (χ4n) is 2.93. The van der Waals surface area contributed by atoms with Gasteiger partial charge in [-0.15, -0.1) is 0 Å². The van der Waals surface area contributed by atoms with Gasteiger partial charge in [-0.2, -0.15) is 0 Å². The molecule has 5 nitrogen and oxygen atoms in total. The highest BCUT2D eigenvalue weighted by atomic mass is 16.5. The van der Waals surface area contributed by atoms with Crippen molar-refractivity contribution in [1.29, 1.82) is 0 Å². The lowest BCUT2D eigenvalue weighted by Gasteiger charge is -2.09. The molecule has 0 bridgehead atoms. The van der Waals surface area contributed by atoms with Crippen LogP contribution in [0.25, 0.3) is 11.5 Å². The molecule has 0 unspecified atom stereocenters. The van der Waals surface area contributed by atoms with Crippen LogP contribution in [-0.4, -0.2) is 24.5 Å². The number of ether oxygens (including phenoxy) is 1. The quantitative estimate of drug-likeness (QED) is 0.657. The number of aromatic nitrogens is 1. The summed E-state index contributed by atoms with van der Waals surface area (Å²) in [5.74, 6) is 2.21. The summed E-state index contributed by atoms with van der Waals surface area (Å²) in [5.41, 5.74) is 2.85. The number of methoxy groups -OCH3 is 1. The van der Waals surface area contributed by atoms with E-state index in [9.17, 15) is 4.79 Å². The van der Waals surface area contributed by atoms with E-state index in [0.29, 0.717) is 25.3 Å². The standard InChI is InChI=1S/C22H24N2O3/c1-16-19(24-22(27-16)18-9-4-3-5-10-18)12-13-21(25)23-15-14-17-8-6-7-11-20(17)26-2/h3-11H,12-15H2,1-2H3,(H,23,25). The van der Waals surface area contributed by atoms with Crippen LogP contribution < -0.4 is 10.1 Å². The average molecular weight is 364 g/mol. The Kier molecular flexibility index (Phi) is 6.26. The zero-order chi connectivity index (χ0) is 19.1. The highest BCUT2D eigenvalue weighted by Gasteiger charge is 2.13. The molecule has 3 rings (SSSR count). The van der Waals surface area contributed by atoms with Gasteiger partial charge in [0.15, 0.2) is 0 Å². The number of rotatable bonds is 8. The molecule has 2 aromatic carbocycles. The summed E-state index contributed by atoms with van der Waals surface area (Å²) in [4.78, 5) is 16.7. The first kappa shape index (κ1) is 18.7. The summed E-state index contributed by atoms with van der Waals surface area (Å²) in [6.07, 6.45) is 1.67. The highest BCUT2D eigenvalue weighted by Crippen LogP contribution is 2.22. The Morgan fingerprint density at radius 2 is 1.81 bits per heavy atom. The smallest absolute Gasteiger partial charge is 0.226 e. The van der Waals surface area contributed by atoms with Gasteiger partial charge in [0.25, 0.3) is 0 Å². The molecule has 1 heterocycles. The Morgan fingerprint density at radius 3 is 2.59 bits per heavy atom. The molecule has 0 saturated carbocycles. The number of carbonyl (C=O) groups is 1. The lowest BCUT2D eigenvalue weighted by atomic mass is 10.1. The van der Waals surface area contributed by atoms with Gasteiger partial charge in [0.2, 0.25) is 11.8 Å². The summed E-state index contributed by atoms with van der Waals surface area (Å²) in [6.45, 7) is 2.46. The first-order valence-corrected chi connectivity index (χ1v) is 9.07. The van der Waals surface area contributed by atoms with Crippen molar-refractivity contribution in [2.75, 3.05) is 13.7 Å². The third-order valence-electron chi connectivity index (χ3n) is 4.41. The Morgan fingerprint density at radius 1 is 1.07 bits per heavy atom. The lowest BCUT2D eigenvalue weighted by molar-refractivity contribution is -0.121. The summed E-state index contributed by atoms with van der Waals surface area (Å²) in [6, 6.07) is 17.6. The Balaban J connectivity index is 1.49. The Bertz CT molecular complexity index is 888. The molecule has 0 aliphatic heterocycles. The van der Waals surface area contributed by atoms with E-state index in [1.807, 2.05) is 61.5 Å². The lowest BCUT2D eigenvalue weighted by Crippen LogP contribution is -2.26. The molecule has 0 atom stereocenters. The molecule has 140 valence electrons. The molecule has 0 radical (unpaired) electrons. The fraction of sp³-hybridized carbons (Fsp3) is 0.273.